The number of nitrogens with zero attached hydrogens (tertiary/aromatic N) is 2. The maximum Gasteiger partial charge on any atom is 0.248 e. The van der Waals surface area contributed by atoms with Crippen molar-refractivity contribution >= 4 is 24.0 Å². The van der Waals surface area contributed by atoms with Crippen molar-refractivity contribution < 1.29 is 19.6 Å². The van der Waals surface area contributed by atoms with Crippen LogP contribution in [0.5, 0.6) is 0 Å². The van der Waals surface area contributed by atoms with Crippen molar-refractivity contribution in [1.82, 2.24) is 15.4 Å². The van der Waals surface area contributed by atoms with Crippen molar-refractivity contribution in [3.63, 3.8) is 0 Å². The summed E-state index contributed by atoms with van der Waals surface area (Å²) in [6, 6.07) is 3.86. The van der Waals surface area contributed by atoms with Gasteiger partial charge in [0.2, 0.25) is 18.2 Å². The zero-order valence-electron chi connectivity index (χ0n) is 19.5. The number of pyridine rings is 1. The van der Waals surface area contributed by atoms with Gasteiger partial charge in [-0.25, -0.2) is 10.0 Å². The molecule has 1 saturated carbocycles. The van der Waals surface area contributed by atoms with Gasteiger partial charge in [0.15, 0.2) is 0 Å². The molecule has 8 heteroatoms. The van der Waals surface area contributed by atoms with Crippen molar-refractivity contribution in [2.75, 3.05) is 5.32 Å². The molecular formula is C24H38N4O4. The third-order valence-corrected chi connectivity index (χ3v) is 6.69. The second-order valence-electron chi connectivity index (χ2n) is 8.88. The number of hydroxylamine groups is 2. The summed E-state index contributed by atoms with van der Waals surface area (Å²) in [5.74, 6) is -0.524. The van der Waals surface area contributed by atoms with Gasteiger partial charge >= 0.3 is 0 Å². The first-order valence-corrected chi connectivity index (χ1v) is 11.9. The Labute approximate surface area is 191 Å². The molecule has 8 nitrogen and oxygen atoms in total. The van der Waals surface area contributed by atoms with Gasteiger partial charge in [0, 0.05) is 6.20 Å². The molecule has 0 unspecified atom stereocenters. The Kier molecular flexibility index (Phi) is 10.6. The third-order valence-electron chi connectivity index (χ3n) is 6.69. The Morgan fingerprint density at radius 1 is 1.19 bits per heavy atom. The van der Waals surface area contributed by atoms with Crippen molar-refractivity contribution in [3.05, 3.63) is 24.4 Å². The maximum atomic E-state index is 13.5. The molecule has 0 bridgehead atoms. The molecule has 2 rings (SSSR count). The largest absolute Gasteiger partial charge is 0.344 e. The predicted molar refractivity (Wildman–Crippen MR) is 123 cm³/mol. The second-order valence-corrected chi connectivity index (χ2v) is 8.88. The predicted octanol–water partition coefficient (Wildman–Crippen LogP) is 3.76. The molecule has 0 radical (unpaired) electrons. The molecule has 4 atom stereocenters. The van der Waals surface area contributed by atoms with Crippen LogP contribution < -0.4 is 10.6 Å². The lowest BCUT2D eigenvalue weighted by Gasteiger charge is -2.34. The van der Waals surface area contributed by atoms with Crippen LogP contribution in [-0.2, 0) is 14.4 Å². The highest BCUT2D eigenvalue weighted by Gasteiger charge is 2.36. The fourth-order valence-electron chi connectivity index (χ4n) is 4.56. The van der Waals surface area contributed by atoms with E-state index in [1.807, 2.05) is 20.8 Å². The van der Waals surface area contributed by atoms with Crippen molar-refractivity contribution in [2.24, 2.45) is 17.8 Å². The summed E-state index contributed by atoms with van der Waals surface area (Å²) in [5.41, 5.74) is 0. The van der Waals surface area contributed by atoms with Crippen LogP contribution in [0, 0.1) is 17.8 Å². The van der Waals surface area contributed by atoms with Crippen molar-refractivity contribution in [2.45, 2.75) is 84.2 Å². The van der Waals surface area contributed by atoms with Crippen LogP contribution in [0.1, 0.15) is 72.1 Å². The smallest absolute Gasteiger partial charge is 0.248 e. The number of carbonyl (C=O) groups excluding carboxylic acids is 3. The van der Waals surface area contributed by atoms with Gasteiger partial charge in [-0.05, 0) is 36.8 Å². The minimum Gasteiger partial charge on any atom is -0.344 e. The zero-order chi connectivity index (χ0) is 23.5. The van der Waals surface area contributed by atoms with E-state index in [9.17, 15) is 19.6 Å². The van der Waals surface area contributed by atoms with Crippen LogP contribution in [0.25, 0.3) is 0 Å². The highest BCUT2D eigenvalue weighted by atomic mass is 16.5. The van der Waals surface area contributed by atoms with E-state index in [0.717, 1.165) is 25.7 Å². The lowest BCUT2D eigenvalue weighted by atomic mass is 9.79. The van der Waals surface area contributed by atoms with E-state index in [1.54, 1.807) is 24.4 Å². The topological polar surface area (TPSA) is 112 Å². The summed E-state index contributed by atoms with van der Waals surface area (Å²) in [6.45, 7) is 5.73. The van der Waals surface area contributed by atoms with E-state index >= 15 is 0 Å². The molecule has 0 saturated heterocycles. The molecule has 1 aliphatic rings. The van der Waals surface area contributed by atoms with Gasteiger partial charge < -0.3 is 10.6 Å². The van der Waals surface area contributed by atoms with Crippen LogP contribution in [0.3, 0.4) is 0 Å². The second kappa shape index (κ2) is 13.2. The molecular weight excluding hydrogens is 408 g/mol. The summed E-state index contributed by atoms with van der Waals surface area (Å²) in [7, 11) is 0. The number of amides is 3. The van der Waals surface area contributed by atoms with Gasteiger partial charge in [0.25, 0.3) is 0 Å². The van der Waals surface area contributed by atoms with Gasteiger partial charge in [-0.2, -0.15) is 0 Å². The van der Waals surface area contributed by atoms with E-state index in [4.69, 9.17) is 0 Å². The quantitative estimate of drug-likeness (QED) is 0.257. The molecule has 0 spiro atoms. The highest BCUT2D eigenvalue weighted by Crippen LogP contribution is 2.32. The summed E-state index contributed by atoms with van der Waals surface area (Å²) in [5, 5.41) is 16.5. The summed E-state index contributed by atoms with van der Waals surface area (Å²) in [4.78, 5) is 41.9. The van der Waals surface area contributed by atoms with Crippen LogP contribution in [0.4, 0.5) is 5.82 Å². The molecule has 1 aliphatic carbocycles. The minimum atomic E-state index is -0.746. The molecule has 1 aromatic heterocycles. The number of aromatic nitrogens is 1. The summed E-state index contributed by atoms with van der Waals surface area (Å²) < 4.78 is 0. The van der Waals surface area contributed by atoms with Gasteiger partial charge in [0.1, 0.15) is 11.9 Å². The third kappa shape index (κ3) is 7.29. The standard InChI is InChI=1S/C24H38N4O4/c1-4-17(3)22(24(31)26-21-13-9-10-14-25-21)27-23(30)19(20(5-2)28(32)16-29)15-18-11-7-6-8-12-18/h9-10,13-14,16-20,22,32H,4-8,11-12,15H2,1-3H3,(H,27,30)(H,25,26,31)/t17-,19-,20-,22-/m0/s1. The molecule has 3 N–H and O–H groups in total. The van der Waals surface area contributed by atoms with Crippen molar-refractivity contribution in [1.29, 1.82) is 0 Å². The number of nitrogens with one attached hydrogen (secondary N) is 2. The molecule has 1 heterocycles. The maximum absolute atomic E-state index is 13.5. The Balaban J connectivity index is 2.21. The first-order chi connectivity index (χ1) is 15.4. The van der Waals surface area contributed by atoms with Crippen molar-refractivity contribution in [3.8, 4) is 0 Å². The molecule has 3 amide bonds. The van der Waals surface area contributed by atoms with E-state index in [1.165, 1.54) is 6.42 Å². The summed E-state index contributed by atoms with van der Waals surface area (Å²) in [6.07, 6.45) is 9.23. The fourth-order valence-corrected chi connectivity index (χ4v) is 4.56. The van der Waals surface area contributed by atoms with Gasteiger partial charge in [-0.3, -0.25) is 19.6 Å². The Bertz CT molecular complexity index is 724. The number of carbonyl (C=O) groups is 3. The van der Waals surface area contributed by atoms with Gasteiger partial charge in [-0.15, -0.1) is 0 Å². The summed E-state index contributed by atoms with van der Waals surface area (Å²) >= 11 is 0. The average Bonchev–Trinajstić information content (AvgIpc) is 2.82. The zero-order valence-corrected chi connectivity index (χ0v) is 19.5. The minimum absolute atomic E-state index is 0.102. The number of hydrogen-bond donors (Lipinski definition) is 3. The fraction of sp³-hybridized carbons (Fsp3) is 0.667. The van der Waals surface area contributed by atoms with Crippen LogP contribution in [-0.4, -0.2) is 45.6 Å². The average molecular weight is 447 g/mol. The molecule has 1 fully saturated rings. The normalized spacial score (nSPS) is 18.1. The Hall–Kier alpha value is -2.48. The van der Waals surface area contributed by atoms with Crippen LogP contribution in [0.15, 0.2) is 24.4 Å². The number of anilines is 1. The van der Waals surface area contributed by atoms with Gasteiger partial charge in [-0.1, -0.05) is 65.4 Å². The number of hydrogen-bond acceptors (Lipinski definition) is 5. The lowest BCUT2D eigenvalue weighted by molar-refractivity contribution is -0.169. The van der Waals surface area contributed by atoms with E-state index in [0.29, 0.717) is 42.5 Å². The van der Waals surface area contributed by atoms with E-state index in [2.05, 4.69) is 15.6 Å². The molecule has 32 heavy (non-hydrogen) atoms. The van der Waals surface area contributed by atoms with Crippen LogP contribution >= 0.6 is 0 Å². The SMILES string of the molecule is CC[C@H](C)[C@H](NC(=O)[C@@H](CC1CCCCC1)[C@H](CC)N(O)C=O)C(=O)Nc1ccccn1. The van der Waals surface area contributed by atoms with E-state index < -0.39 is 18.0 Å². The van der Waals surface area contributed by atoms with E-state index in [-0.39, 0.29) is 17.7 Å². The Morgan fingerprint density at radius 2 is 1.91 bits per heavy atom. The highest BCUT2D eigenvalue weighted by molar-refractivity contribution is 5.97. The lowest BCUT2D eigenvalue weighted by Crippen LogP contribution is -2.53. The Morgan fingerprint density at radius 3 is 2.47 bits per heavy atom. The first kappa shape index (κ1) is 25.8. The number of rotatable bonds is 12. The molecule has 178 valence electrons. The molecule has 1 aromatic rings. The monoisotopic (exact) mass is 446 g/mol. The first-order valence-electron chi connectivity index (χ1n) is 11.9. The molecule has 0 aromatic carbocycles. The van der Waals surface area contributed by atoms with Crippen LogP contribution in [0.2, 0.25) is 0 Å². The molecule has 0 aliphatic heterocycles. The van der Waals surface area contributed by atoms with Gasteiger partial charge in [0.05, 0.1) is 12.0 Å².